The van der Waals surface area contributed by atoms with Crippen molar-refractivity contribution in [1.82, 2.24) is 4.98 Å². The number of para-hydroxylation sites is 1. The number of rotatable bonds is 3. The quantitative estimate of drug-likeness (QED) is 0.917. The molecule has 3 rings (SSSR count). The lowest BCUT2D eigenvalue weighted by molar-refractivity contribution is 0.568. The first-order chi connectivity index (χ1) is 9.31. The van der Waals surface area contributed by atoms with Crippen molar-refractivity contribution in [2.75, 3.05) is 18.0 Å². The highest BCUT2D eigenvalue weighted by molar-refractivity contribution is 5.81. The highest BCUT2D eigenvalue weighted by Gasteiger charge is 2.23. The van der Waals surface area contributed by atoms with E-state index in [0.29, 0.717) is 6.54 Å². The third-order valence-electron chi connectivity index (χ3n) is 4.16. The summed E-state index contributed by atoms with van der Waals surface area (Å²) in [5, 5.41) is 1.18. The molecule has 0 amide bonds. The summed E-state index contributed by atoms with van der Waals surface area (Å²) in [5.41, 5.74) is 8.14. The molecule has 1 aromatic carbocycles. The van der Waals surface area contributed by atoms with Crippen molar-refractivity contribution in [3.8, 4) is 0 Å². The Morgan fingerprint density at radius 1 is 1.37 bits per heavy atom. The zero-order chi connectivity index (χ0) is 13.2. The molecule has 1 fully saturated rings. The van der Waals surface area contributed by atoms with Gasteiger partial charge in [-0.3, -0.25) is 0 Å². The van der Waals surface area contributed by atoms with E-state index in [1.54, 1.807) is 0 Å². The summed E-state index contributed by atoms with van der Waals surface area (Å²) < 4.78 is 0. The third kappa shape index (κ3) is 2.30. The van der Waals surface area contributed by atoms with Crippen molar-refractivity contribution in [2.45, 2.75) is 26.3 Å². The van der Waals surface area contributed by atoms with Crippen LogP contribution in [0.4, 0.5) is 5.82 Å². The molecule has 2 N–H and O–H groups in total. The van der Waals surface area contributed by atoms with Crippen LogP contribution in [-0.2, 0) is 6.54 Å². The number of anilines is 1. The number of aromatic nitrogens is 1. The maximum absolute atomic E-state index is 5.91. The Balaban J connectivity index is 2.02. The van der Waals surface area contributed by atoms with Crippen LogP contribution in [0.3, 0.4) is 0 Å². The summed E-state index contributed by atoms with van der Waals surface area (Å²) in [5.74, 6) is 1.90. The summed E-state index contributed by atoms with van der Waals surface area (Å²) in [4.78, 5) is 7.25. The molecule has 100 valence electrons. The first kappa shape index (κ1) is 12.4. The van der Waals surface area contributed by atoms with Gasteiger partial charge in [-0.25, -0.2) is 4.98 Å². The Morgan fingerprint density at radius 2 is 2.21 bits per heavy atom. The second kappa shape index (κ2) is 5.17. The molecule has 2 aromatic rings. The number of hydrogen-bond donors (Lipinski definition) is 1. The van der Waals surface area contributed by atoms with Crippen LogP contribution in [0.25, 0.3) is 10.9 Å². The summed E-state index contributed by atoms with van der Waals surface area (Å²) in [7, 11) is 0. The average Bonchev–Trinajstić information content (AvgIpc) is 2.94. The van der Waals surface area contributed by atoms with Crippen molar-refractivity contribution in [3.63, 3.8) is 0 Å². The monoisotopic (exact) mass is 255 g/mol. The maximum Gasteiger partial charge on any atom is 0.133 e. The SMILES string of the molecule is CCC1CCN(c2nc3ccccc3cc2CN)C1. The number of hydrogen-bond acceptors (Lipinski definition) is 3. The van der Waals surface area contributed by atoms with Crippen LogP contribution in [0.2, 0.25) is 0 Å². The molecule has 1 atom stereocenters. The lowest BCUT2D eigenvalue weighted by Gasteiger charge is -2.21. The van der Waals surface area contributed by atoms with Crippen LogP contribution in [0.5, 0.6) is 0 Å². The molecule has 0 bridgehead atoms. The van der Waals surface area contributed by atoms with E-state index in [1.807, 2.05) is 12.1 Å². The summed E-state index contributed by atoms with van der Waals surface area (Å²) in [6.45, 7) is 5.05. The Kier molecular flexibility index (Phi) is 3.38. The van der Waals surface area contributed by atoms with Gasteiger partial charge in [-0.1, -0.05) is 31.5 Å². The van der Waals surface area contributed by atoms with E-state index in [-0.39, 0.29) is 0 Å². The van der Waals surface area contributed by atoms with Crippen molar-refractivity contribution in [3.05, 3.63) is 35.9 Å². The van der Waals surface area contributed by atoms with Crippen LogP contribution in [0.15, 0.2) is 30.3 Å². The van der Waals surface area contributed by atoms with Crippen molar-refractivity contribution < 1.29 is 0 Å². The molecule has 0 aliphatic carbocycles. The molecular weight excluding hydrogens is 234 g/mol. The van der Waals surface area contributed by atoms with Gasteiger partial charge >= 0.3 is 0 Å². The lowest BCUT2D eigenvalue weighted by atomic mass is 10.1. The Morgan fingerprint density at radius 3 is 2.95 bits per heavy atom. The molecule has 2 heterocycles. The van der Waals surface area contributed by atoms with Gasteiger partial charge < -0.3 is 10.6 Å². The van der Waals surface area contributed by atoms with Crippen LogP contribution in [0.1, 0.15) is 25.3 Å². The van der Waals surface area contributed by atoms with Gasteiger partial charge in [0.1, 0.15) is 5.82 Å². The van der Waals surface area contributed by atoms with E-state index in [1.165, 1.54) is 18.2 Å². The molecule has 3 heteroatoms. The zero-order valence-corrected chi connectivity index (χ0v) is 11.5. The molecule has 1 aliphatic rings. The highest BCUT2D eigenvalue weighted by Crippen LogP contribution is 2.29. The van der Waals surface area contributed by atoms with Gasteiger partial charge in [0, 0.05) is 30.6 Å². The first-order valence-electron chi connectivity index (χ1n) is 7.15. The minimum atomic E-state index is 0.556. The minimum absolute atomic E-state index is 0.556. The zero-order valence-electron chi connectivity index (χ0n) is 11.5. The summed E-state index contributed by atoms with van der Waals surface area (Å²) in [6.07, 6.45) is 2.52. The lowest BCUT2D eigenvalue weighted by Crippen LogP contribution is -2.23. The Hall–Kier alpha value is -1.61. The average molecular weight is 255 g/mol. The van der Waals surface area contributed by atoms with Crippen molar-refractivity contribution >= 4 is 16.7 Å². The predicted molar refractivity (Wildman–Crippen MR) is 80.2 cm³/mol. The van der Waals surface area contributed by atoms with Gasteiger partial charge in [0.2, 0.25) is 0 Å². The first-order valence-corrected chi connectivity index (χ1v) is 7.15. The topological polar surface area (TPSA) is 42.2 Å². The molecule has 0 spiro atoms. The molecular formula is C16H21N3. The number of nitrogens with zero attached hydrogens (tertiary/aromatic N) is 2. The number of nitrogens with two attached hydrogens (primary N) is 1. The molecule has 1 aromatic heterocycles. The molecule has 19 heavy (non-hydrogen) atoms. The van der Waals surface area contributed by atoms with Crippen LogP contribution >= 0.6 is 0 Å². The van der Waals surface area contributed by atoms with Gasteiger partial charge in [0.15, 0.2) is 0 Å². The number of benzene rings is 1. The van der Waals surface area contributed by atoms with Gasteiger partial charge in [-0.2, -0.15) is 0 Å². The summed E-state index contributed by atoms with van der Waals surface area (Å²) >= 11 is 0. The molecule has 1 aliphatic heterocycles. The largest absolute Gasteiger partial charge is 0.356 e. The van der Waals surface area contributed by atoms with E-state index < -0.39 is 0 Å². The van der Waals surface area contributed by atoms with Gasteiger partial charge in [0.25, 0.3) is 0 Å². The standard InChI is InChI=1S/C16H21N3/c1-2-12-7-8-19(11-12)16-14(10-17)9-13-5-3-4-6-15(13)18-16/h3-6,9,12H,2,7-8,10-11,17H2,1H3. The second-order valence-corrected chi connectivity index (χ2v) is 5.38. The predicted octanol–water partition coefficient (Wildman–Crippen LogP) is 2.93. The molecule has 1 unspecified atom stereocenters. The van der Waals surface area contributed by atoms with E-state index in [0.717, 1.165) is 35.9 Å². The molecule has 3 nitrogen and oxygen atoms in total. The highest BCUT2D eigenvalue weighted by atomic mass is 15.2. The smallest absolute Gasteiger partial charge is 0.133 e. The van der Waals surface area contributed by atoms with E-state index in [9.17, 15) is 0 Å². The van der Waals surface area contributed by atoms with Gasteiger partial charge in [-0.15, -0.1) is 0 Å². The second-order valence-electron chi connectivity index (χ2n) is 5.38. The van der Waals surface area contributed by atoms with Crippen LogP contribution in [-0.4, -0.2) is 18.1 Å². The Bertz CT molecular complexity index is 579. The van der Waals surface area contributed by atoms with Crippen molar-refractivity contribution in [1.29, 1.82) is 0 Å². The maximum atomic E-state index is 5.91. The number of pyridine rings is 1. The molecule has 0 saturated carbocycles. The van der Waals surface area contributed by atoms with Crippen LogP contribution < -0.4 is 10.6 Å². The van der Waals surface area contributed by atoms with Gasteiger partial charge in [0.05, 0.1) is 5.52 Å². The third-order valence-corrected chi connectivity index (χ3v) is 4.16. The molecule has 0 radical (unpaired) electrons. The van der Waals surface area contributed by atoms with E-state index >= 15 is 0 Å². The van der Waals surface area contributed by atoms with E-state index in [2.05, 4.69) is 30.0 Å². The minimum Gasteiger partial charge on any atom is -0.356 e. The number of fused-ring (bicyclic) bond motifs is 1. The van der Waals surface area contributed by atoms with Gasteiger partial charge in [-0.05, 0) is 24.5 Å². The Labute approximate surface area is 114 Å². The normalized spacial score (nSPS) is 19.3. The molecule has 1 saturated heterocycles. The summed E-state index contributed by atoms with van der Waals surface area (Å²) in [6, 6.07) is 10.5. The fourth-order valence-corrected chi connectivity index (χ4v) is 2.93. The van der Waals surface area contributed by atoms with Crippen LogP contribution in [0, 0.1) is 5.92 Å². The fraction of sp³-hybridized carbons (Fsp3) is 0.438. The van der Waals surface area contributed by atoms with Crippen molar-refractivity contribution in [2.24, 2.45) is 11.7 Å². The van der Waals surface area contributed by atoms with E-state index in [4.69, 9.17) is 10.7 Å². The fourth-order valence-electron chi connectivity index (χ4n) is 2.93.